The number of imidazole rings is 1. The van der Waals surface area contributed by atoms with Crippen molar-refractivity contribution in [2.24, 2.45) is 0 Å². The van der Waals surface area contributed by atoms with Crippen molar-refractivity contribution in [2.75, 3.05) is 0 Å². The molecule has 4 rings (SSSR count). The second-order valence-corrected chi connectivity index (χ2v) is 7.58. The van der Waals surface area contributed by atoms with Crippen LogP contribution in [0.3, 0.4) is 0 Å². The first kappa shape index (κ1) is 15.2. The maximum Gasteiger partial charge on any atom is 0.104 e. The van der Waals surface area contributed by atoms with Gasteiger partial charge >= 0.3 is 0 Å². The van der Waals surface area contributed by atoms with Gasteiger partial charge in [-0.1, -0.05) is 44.2 Å². The summed E-state index contributed by atoms with van der Waals surface area (Å²) in [6.07, 6.45) is 0. The molecule has 2 nitrogen and oxygen atoms in total. The summed E-state index contributed by atoms with van der Waals surface area (Å²) in [7, 11) is 0. The van der Waals surface area contributed by atoms with Crippen molar-refractivity contribution in [1.82, 2.24) is 9.97 Å². The Kier molecular flexibility index (Phi) is 3.73. The highest BCUT2D eigenvalue weighted by Crippen LogP contribution is 2.35. The second kappa shape index (κ2) is 5.91. The molecule has 0 unspecified atom stereocenters. The van der Waals surface area contributed by atoms with Gasteiger partial charge in [-0.3, -0.25) is 0 Å². The number of aromatic amines is 1. The largest absolute Gasteiger partial charge is 0.342 e. The summed E-state index contributed by atoms with van der Waals surface area (Å²) in [6, 6.07) is 19.8. The van der Waals surface area contributed by atoms with Gasteiger partial charge in [-0.25, -0.2) is 4.98 Å². The number of fused-ring (bicyclic) bond motifs is 1. The van der Waals surface area contributed by atoms with E-state index in [2.05, 4.69) is 78.4 Å². The molecule has 0 aliphatic carbocycles. The molecular weight excluding hydrogens is 312 g/mol. The van der Waals surface area contributed by atoms with Crippen LogP contribution in [-0.2, 0) is 0 Å². The van der Waals surface area contributed by atoms with E-state index < -0.39 is 0 Å². The molecule has 4 aromatic rings. The van der Waals surface area contributed by atoms with Crippen LogP contribution in [0.1, 0.15) is 31.2 Å². The van der Waals surface area contributed by atoms with Gasteiger partial charge in [0, 0.05) is 9.75 Å². The average molecular weight is 332 g/mol. The van der Waals surface area contributed by atoms with E-state index in [1.807, 2.05) is 18.3 Å². The molecule has 2 aromatic heterocycles. The number of nitrogens with one attached hydrogen (secondary N) is 1. The predicted molar refractivity (Wildman–Crippen MR) is 104 cm³/mol. The fourth-order valence-electron chi connectivity index (χ4n) is 2.97. The maximum absolute atomic E-state index is 4.47. The molecule has 24 heavy (non-hydrogen) atoms. The normalized spacial score (nSPS) is 11.5. The van der Waals surface area contributed by atoms with Crippen molar-refractivity contribution < 1.29 is 0 Å². The third-order valence-corrected chi connectivity index (χ3v) is 5.54. The number of nitrogens with zero attached hydrogens (tertiary/aromatic N) is 1. The van der Waals surface area contributed by atoms with E-state index in [0.29, 0.717) is 5.92 Å². The molecule has 0 fully saturated rings. The van der Waals surface area contributed by atoms with Gasteiger partial charge in [-0.15, -0.1) is 11.3 Å². The van der Waals surface area contributed by atoms with Crippen molar-refractivity contribution in [3.63, 3.8) is 0 Å². The number of hydrogen-bond donors (Lipinski definition) is 1. The van der Waals surface area contributed by atoms with E-state index >= 15 is 0 Å². The highest BCUT2D eigenvalue weighted by molar-refractivity contribution is 7.18. The number of benzene rings is 2. The average Bonchev–Trinajstić information content (AvgIpc) is 3.19. The molecule has 1 N–H and O–H groups in total. The van der Waals surface area contributed by atoms with Crippen molar-refractivity contribution in [3.8, 4) is 20.9 Å². The van der Waals surface area contributed by atoms with Gasteiger partial charge in [0.2, 0.25) is 0 Å². The van der Waals surface area contributed by atoms with Crippen molar-refractivity contribution >= 4 is 22.4 Å². The van der Waals surface area contributed by atoms with E-state index in [1.165, 1.54) is 26.4 Å². The number of hydrogen-bond acceptors (Lipinski definition) is 2. The SMILES string of the molecule is Cc1nc2ccc(-c3ccc(-c4ccc(C(C)C)cc4)s3)cc2[nH]1. The third-order valence-electron chi connectivity index (χ3n) is 4.35. The Morgan fingerprint density at radius 1 is 0.875 bits per heavy atom. The van der Waals surface area contributed by atoms with Crippen LogP contribution in [0.15, 0.2) is 54.6 Å². The highest BCUT2D eigenvalue weighted by atomic mass is 32.1. The van der Waals surface area contributed by atoms with E-state index in [1.54, 1.807) is 0 Å². The summed E-state index contributed by atoms with van der Waals surface area (Å²) in [5.74, 6) is 1.53. The third kappa shape index (κ3) is 2.76. The van der Waals surface area contributed by atoms with Crippen LogP contribution in [-0.4, -0.2) is 9.97 Å². The zero-order valence-electron chi connectivity index (χ0n) is 14.1. The van der Waals surface area contributed by atoms with E-state index in [-0.39, 0.29) is 0 Å². The summed E-state index contributed by atoms with van der Waals surface area (Å²) in [5.41, 5.74) is 6.03. The quantitative estimate of drug-likeness (QED) is 0.462. The molecule has 0 bridgehead atoms. The Morgan fingerprint density at radius 2 is 1.54 bits per heavy atom. The zero-order chi connectivity index (χ0) is 16.7. The van der Waals surface area contributed by atoms with Crippen LogP contribution in [0, 0.1) is 6.92 Å². The molecule has 0 radical (unpaired) electrons. The Bertz CT molecular complexity index is 990. The number of thiophene rings is 1. The Balaban J connectivity index is 1.67. The van der Waals surface area contributed by atoms with Crippen LogP contribution in [0.2, 0.25) is 0 Å². The van der Waals surface area contributed by atoms with Crippen LogP contribution in [0.4, 0.5) is 0 Å². The molecule has 0 saturated heterocycles. The van der Waals surface area contributed by atoms with Gasteiger partial charge in [0.25, 0.3) is 0 Å². The van der Waals surface area contributed by atoms with E-state index in [0.717, 1.165) is 16.9 Å². The lowest BCUT2D eigenvalue weighted by Gasteiger charge is -2.05. The first-order valence-electron chi connectivity index (χ1n) is 8.27. The number of aryl methyl sites for hydroxylation is 1. The minimum absolute atomic E-state index is 0.572. The summed E-state index contributed by atoms with van der Waals surface area (Å²) in [5, 5.41) is 0. The van der Waals surface area contributed by atoms with Gasteiger partial charge in [0.05, 0.1) is 11.0 Å². The molecule has 120 valence electrons. The molecule has 0 amide bonds. The first-order chi connectivity index (χ1) is 11.6. The predicted octanol–water partition coefficient (Wildman–Crippen LogP) is 6.39. The van der Waals surface area contributed by atoms with Gasteiger partial charge in [-0.2, -0.15) is 0 Å². The Hall–Kier alpha value is -2.39. The number of aromatic nitrogens is 2. The summed E-state index contributed by atoms with van der Waals surface area (Å²) in [6.45, 7) is 6.45. The standard InChI is InChI=1S/C21H20N2S/c1-13(2)15-4-6-16(7-5-15)20-10-11-21(24-20)17-8-9-18-19(12-17)23-14(3)22-18/h4-13H,1-3H3,(H,22,23). The molecule has 2 aromatic carbocycles. The lowest BCUT2D eigenvalue weighted by molar-refractivity contribution is 0.867. The van der Waals surface area contributed by atoms with Crippen LogP contribution in [0.5, 0.6) is 0 Å². The van der Waals surface area contributed by atoms with Crippen molar-refractivity contribution in [2.45, 2.75) is 26.7 Å². The molecule has 2 heterocycles. The van der Waals surface area contributed by atoms with Gasteiger partial charge in [0.15, 0.2) is 0 Å². The minimum atomic E-state index is 0.572. The molecule has 0 spiro atoms. The van der Waals surface area contributed by atoms with Crippen LogP contribution in [0.25, 0.3) is 31.9 Å². The lowest BCUT2D eigenvalue weighted by Crippen LogP contribution is -1.85. The summed E-state index contributed by atoms with van der Waals surface area (Å²) >= 11 is 1.83. The monoisotopic (exact) mass is 332 g/mol. The highest BCUT2D eigenvalue weighted by Gasteiger charge is 2.08. The van der Waals surface area contributed by atoms with Crippen LogP contribution < -0.4 is 0 Å². The lowest BCUT2D eigenvalue weighted by atomic mass is 10.0. The fourth-order valence-corrected chi connectivity index (χ4v) is 3.98. The molecule has 0 aliphatic heterocycles. The molecule has 0 aliphatic rings. The second-order valence-electron chi connectivity index (χ2n) is 6.49. The van der Waals surface area contributed by atoms with Gasteiger partial charge in [0.1, 0.15) is 5.82 Å². The van der Waals surface area contributed by atoms with E-state index in [9.17, 15) is 0 Å². The van der Waals surface area contributed by atoms with Gasteiger partial charge in [-0.05, 0) is 53.8 Å². The fraction of sp³-hybridized carbons (Fsp3) is 0.190. The molecule has 3 heteroatoms. The minimum Gasteiger partial charge on any atom is -0.342 e. The molecule has 0 atom stereocenters. The molecular formula is C21H20N2S. The maximum atomic E-state index is 4.47. The summed E-state index contributed by atoms with van der Waals surface area (Å²) in [4.78, 5) is 10.4. The topological polar surface area (TPSA) is 28.7 Å². The van der Waals surface area contributed by atoms with Crippen molar-refractivity contribution in [1.29, 1.82) is 0 Å². The van der Waals surface area contributed by atoms with Crippen LogP contribution >= 0.6 is 11.3 Å². The van der Waals surface area contributed by atoms with E-state index in [4.69, 9.17) is 0 Å². The first-order valence-corrected chi connectivity index (χ1v) is 9.09. The smallest absolute Gasteiger partial charge is 0.104 e. The van der Waals surface area contributed by atoms with Crippen molar-refractivity contribution in [3.05, 3.63) is 66.0 Å². The molecule has 0 saturated carbocycles. The Labute approximate surface area is 146 Å². The number of H-pyrrole nitrogens is 1. The number of rotatable bonds is 3. The zero-order valence-corrected chi connectivity index (χ0v) is 14.9. The van der Waals surface area contributed by atoms with Gasteiger partial charge < -0.3 is 4.98 Å². The summed E-state index contributed by atoms with van der Waals surface area (Å²) < 4.78 is 0. The Morgan fingerprint density at radius 3 is 2.25 bits per heavy atom.